The number of carbonyl (C=O) groups excluding carboxylic acids is 1. The highest BCUT2D eigenvalue weighted by atomic mass is 19.4. The number of rotatable bonds is 5. The average molecular weight is 342 g/mol. The molecule has 0 radical (unpaired) electrons. The van der Waals surface area contributed by atoms with E-state index in [1.165, 1.54) is 25.4 Å². The first-order valence-corrected chi connectivity index (χ1v) is 6.55. The molecule has 0 aliphatic rings. The van der Waals surface area contributed by atoms with Gasteiger partial charge in [0.2, 0.25) is 5.88 Å². The minimum absolute atomic E-state index is 0.237. The number of nitrogens with zero attached hydrogens (tertiary/aromatic N) is 1. The molecule has 1 aromatic heterocycles. The largest absolute Gasteiger partial charge is 0.573 e. The molecule has 2 aromatic rings. The lowest BCUT2D eigenvalue weighted by atomic mass is 10.3. The lowest BCUT2D eigenvalue weighted by Crippen LogP contribution is -2.33. The van der Waals surface area contributed by atoms with Crippen molar-refractivity contribution in [2.24, 2.45) is 0 Å². The van der Waals surface area contributed by atoms with Crippen LogP contribution < -0.4 is 25.6 Å². The lowest BCUT2D eigenvalue weighted by Gasteiger charge is -2.12. The summed E-state index contributed by atoms with van der Waals surface area (Å²) in [6.45, 7) is 0. The molecule has 0 aliphatic heterocycles. The third-order valence-corrected chi connectivity index (χ3v) is 2.62. The van der Waals surface area contributed by atoms with Gasteiger partial charge in [0.05, 0.1) is 12.8 Å². The molecule has 24 heavy (non-hydrogen) atoms. The number of benzene rings is 1. The van der Waals surface area contributed by atoms with Crippen LogP contribution in [0, 0.1) is 0 Å². The molecule has 0 atom stereocenters. The van der Waals surface area contributed by atoms with E-state index in [0.29, 0.717) is 11.4 Å². The number of hydrazine groups is 1. The van der Waals surface area contributed by atoms with Crippen LogP contribution in [-0.4, -0.2) is 24.5 Å². The highest BCUT2D eigenvalue weighted by molar-refractivity contribution is 5.91. The Bertz CT molecular complexity index is 692. The summed E-state index contributed by atoms with van der Waals surface area (Å²) in [5.41, 5.74) is 5.57. The first-order chi connectivity index (χ1) is 11.4. The third kappa shape index (κ3) is 5.23. The zero-order chi connectivity index (χ0) is 17.6. The van der Waals surface area contributed by atoms with Crippen LogP contribution in [0.3, 0.4) is 0 Å². The zero-order valence-electron chi connectivity index (χ0n) is 12.3. The number of methoxy groups -OCH3 is 1. The maximum absolute atomic E-state index is 12.0. The van der Waals surface area contributed by atoms with Crippen molar-refractivity contribution in [3.8, 4) is 11.6 Å². The summed E-state index contributed by atoms with van der Waals surface area (Å²) in [6.07, 6.45) is -3.25. The van der Waals surface area contributed by atoms with E-state index in [2.05, 4.69) is 25.9 Å². The Labute approximate surface area is 134 Å². The van der Waals surface area contributed by atoms with Gasteiger partial charge in [-0.05, 0) is 36.4 Å². The van der Waals surface area contributed by atoms with Gasteiger partial charge in [0.1, 0.15) is 11.4 Å². The number of alkyl halides is 3. The van der Waals surface area contributed by atoms with Crippen LogP contribution >= 0.6 is 0 Å². The van der Waals surface area contributed by atoms with Gasteiger partial charge in [-0.25, -0.2) is 9.78 Å². The van der Waals surface area contributed by atoms with E-state index in [-0.39, 0.29) is 11.6 Å². The summed E-state index contributed by atoms with van der Waals surface area (Å²) in [5.74, 6) is -0.126. The first-order valence-electron chi connectivity index (χ1n) is 6.55. The van der Waals surface area contributed by atoms with E-state index in [0.717, 1.165) is 12.1 Å². The second kappa shape index (κ2) is 7.40. The van der Waals surface area contributed by atoms with E-state index in [4.69, 9.17) is 4.74 Å². The Hall–Kier alpha value is -3.17. The highest BCUT2D eigenvalue weighted by Crippen LogP contribution is 2.23. The summed E-state index contributed by atoms with van der Waals surface area (Å²) >= 11 is 0. The SMILES string of the molecule is COc1ncccc1NC(=O)NNc1ccc(OC(F)(F)F)cc1. The summed E-state index contributed by atoms with van der Waals surface area (Å²) < 4.78 is 44.9. The molecular weight excluding hydrogens is 329 g/mol. The average Bonchev–Trinajstić information content (AvgIpc) is 2.53. The number of hydrogen-bond acceptors (Lipinski definition) is 5. The Kier molecular flexibility index (Phi) is 5.30. The topological polar surface area (TPSA) is 84.5 Å². The Balaban J connectivity index is 1.87. The summed E-state index contributed by atoms with van der Waals surface area (Å²) in [5, 5.41) is 2.50. The fourth-order valence-corrected chi connectivity index (χ4v) is 1.67. The van der Waals surface area contributed by atoms with E-state index in [9.17, 15) is 18.0 Å². The molecule has 3 N–H and O–H groups in total. The van der Waals surface area contributed by atoms with Crippen LogP contribution in [0.2, 0.25) is 0 Å². The smallest absolute Gasteiger partial charge is 0.480 e. The van der Waals surface area contributed by atoms with Gasteiger partial charge in [0.15, 0.2) is 0 Å². The van der Waals surface area contributed by atoms with Gasteiger partial charge in [-0.2, -0.15) is 0 Å². The summed E-state index contributed by atoms with van der Waals surface area (Å²) in [7, 11) is 1.41. The van der Waals surface area contributed by atoms with Crippen molar-refractivity contribution in [2.45, 2.75) is 6.36 Å². The third-order valence-electron chi connectivity index (χ3n) is 2.62. The minimum atomic E-state index is -4.75. The number of carbonyl (C=O) groups is 1. The van der Waals surface area contributed by atoms with Crippen LogP contribution in [0.4, 0.5) is 29.3 Å². The maximum Gasteiger partial charge on any atom is 0.573 e. The van der Waals surface area contributed by atoms with E-state index in [1.807, 2.05) is 0 Å². The number of anilines is 2. The molecule has 0 bridgehead atoms. The standard InChI is InChI=1S/C14H13F3N4O3/c1-23-12-11(3-2-8-18-12)19-13(22)21-20-9-4-6-10(7-5-9)24-14(15,16)17/h2-8,20H,1H3,(H2,19,21,22). The first kappa shape index (κ1) is 17.2. The quantitative estimate of drug-likeness (QED) is 0.727. The molecule has 2 amide bonds. The molecule has 0 unspecified atom stereocenters. The molecule has 0 spiro atoms. The molecule has 0 saturated heterocycles. The predicted octanol–water partition coefficient (Wildman–Crippen LogP) is 3.14. The summed E-state index contributed by atoms with van der Waals surface area (Å²) in [6, 6.07) is 7.44. The van der Waals surface area contributed by atoms with Crippen molar-refractivity contribution in [2.75, 3.05) is 17.9 Å². The number of aromatic nitrogens is 1. The van der Waals surface area contributed by atoms with Crippen molar-refractivity contribution >= 4 is 17.4 Å². The van der Waals surface area contributed by atoms with Crippen molar-refractivity contribution in [1.29, 1.82) is 0 Å². The summed E-state index contributed by atoms with van der Waals surface area (Å²) in [4.78, 5) is 15.7. The Morgan fingerprint density at radius 2 is 1.88 bits per heavy atom. The molecule has 0 fully saturated rings. The van der Waals surface area contributed by atoms with Gasteiger partial charge in [-0.3, -0.25) is 10.9 Å². The van der Waals surface area contributed by atoms with Gasteiger partial charge in [0, 0.05) is 6.20 Å². The fourth-order valence-electron chi connectivity index (χ4n) is 1.67. The van der Waals surface area contributed by atoms with Gasteiger partial charge in [-0.1, -0.05) is 0 Å². The number of halogens is 3. The molecule has 1 aromatic carbocycles. The van der Waals surface area contributed by atoms with Crippen LogP contribution in [-0.2, 0) is 0 Å². The second-order valence-corrected chi connectivity index (χ2v) is 4.34. The zero-order valence-corrected chi connectivity index (χ0v) is 12.3. The number of nitrogens with one attached hydrogen (secondary N) is 3. The Morgan fingerprint density at radius 1 is 1.17 bits per heavy atom. The molecule has 128 valence electrons. The molecule has 1 heterocycles. The molecular formula is C14H13F3N4O3. The van der Waals surface area contributed by atoms with E-state index >= 15 is 0 Å². The van der Waals surface area contributed by atoms with Crippen LogP contribution in [0.25, 0.3) is 0 Å². The monoisotopic (exact) mass is 342 g/mol. The van der Waals surface area contributed by atoms with Crippen molar-refractivity contribution < 1.29 is 27.4 Å². The molecule has 2 rings (SSSR count). The molecule has 0 saturated carbocycles. The van der Waals surface area contributed by atoms with Crippen LogP contribution in [0.5, 0.6) is 11.6 Å². The van der Waals surface area contributed by atoms with Gasteiger partial charge in [-0.15, -0.1) is 13.2 Å². The predicted molar refractivity (Wildman–Crippen MR) is 79.7 cm³/mol. The minimum Gasteiger partial charge on any atom is -0.480 e. The van der Waals surface area contributed by atoms with Crippen LogP contribution in [0.1, 0.15) is 0 Å². The number of ether oxygens (including phenoxy) is 2. The molecule has 0 aliphatic carbocycles. The number of hydrogen-bond donors (Lipinski definition) is 3. The Morgan fingerprint density at radius 3 is 2.50 bits per heavy atom. The van der Waals surface area contributed by atoms with E-state index in [1.54, 1.807) is 12.1 Å². The molecule has 7 nitrogen and oxygen atoms in total. The van der Waals surface area contributed by atoms with Crippen molar-refractivity contribution in [1.82, 2.24) is 10.4 Å². The van der Waals surface area contributed by atoms with Crippen molar-refractivity contribution in [3.63, 3.8) is 0 Å². The number of urea groups is 1. The van der Waals surface area contributed by atoms with Crippen LogP contribution in [0.15, 0.2) is 42.6 Å². The van der Waals surface area contributed by atoms with Crippen molar-refractivity contribution in [3.05, 3.63) is 42.6 Å². The van der Waals surface area contributed by atoms with Gasteiger partial charge < -0.3 is 14.8 Å². The van der Waals surface area contributed by atoms with E-state index < -0.39 is 12.4 Å². The number of amides is 2. The highest BCUT2D eigenvalue weighted by Gasteiger charge is 2.30. The van der Waals surface area contributed by atoms with Gasteiger partial charge in [0.25, 0.3) is 0 Å². The molecule has 10 heteroatoms. The number of pyridine rings is 1. The normalized spacial score (nSPS) is 10.7. The maximum atomic E-state index is 12.0. The second-order valence-electron chi connectivity index (χ2n) is 4.34. The lowest BCUT2D eigenvalue weighted by molar-refractivity contribution is -0.274. The fraction of sp³-hybridized carbons (Fsp3) is 0.143. The van der Waals surface area contributed by atoms with Gasteiger partial charge >= 0.3 is 12.4 Å².